The topological polar surface area (TPSA) is 41.6 Å². The lowest BCUT2D eigenvalue weighted by Crippen LogP contribution is -2.35. The zero-order valence-electron chi connectivity index (χ0n) is 11.3. The van der Waals surface area contributed by atoms with Crippen molar-refractivity contribution in [2.45, 2.75) is 19.3 Å². The summed E-state index contributed by atoms with van der Waals surface area (Å²) in [4.78, 5) is 13.3. The van der Waals surface area contributed by atoms with Crippen LogP contribution < -0.4 is 15.0 Å². The molecule has 4 heteroatoms. The average Bonchev–Trinajstić information content (AvgIpc) is 2.45. The Balaban J connectivity index is 1.78. The van der Waals surface area contributed by atoms with Crippen LogP contribution in [0.3, 0.4) is 0 Å². The van der Waals surface area contributed by atoms with Crippen molar-refractivity contribution in [3.63, 3.8) is 0 Å². The van der Waals surface area contributed by atoms with E-state index in [1.165, 1.54) is 18.4 Å². The van der Waals surface area contributed by atoms with Gasteiger partial charge < -0.3 is 15.0 Å². The summed E-state index contributed by atoms with van der Waals surface area (Å²) in [6.07, 6.45) is 3.62. The maximum atomic E-state index is 11.6. The Hall–Kier alpha value is -1.55. The van der Waals surface area contributed by atoms with Gasteiger partial charge in [0, 0.05) is 7.05 Å². The molecule has 0 aromatic heterocycles. The van der Waals surface area contributed by atoms with Gasteiger partial charge in [-0.3, -0.25) is 4.79 Å². The van der Waals surface area contributed by atoms with Crippen molar-refractivity contribution in [3.05, 3.63) is 23.8 Å². The molecule has 4 nitrogen and oxygen atoms in total. The minimum Gasteiger partial charge on any atom is -0.482 e. The summed E-state index contributed by atoms with van der Waals surface area (Å²) in [5, 5.41) is 3.44. The van der Waals surface area contributed by atoms with Gasteiger partial charge >= 0.3 is 0 Å². The molecule has 1 aromatic carbocycles. The van der Waals surface area contributed by atoms with E-state index in [0.29, 0.717) is 5.92 Å². The first kappa shape index (κ1) is 12.5. The highest BCUT2D eigenvalue weighted by atomic mass is 16.5. The number of amides is 1. The number of carbonyl (C=O) groups excluding carboxylic acids is 1. The van der Waals surface area contributed by atoms with Crippen molar-refractivity contribution in [3.8, 4) is 5.75 Å². The van der Waals surface area contributed by atoms with Gasteiger partial charge in [-0.15, -0.1) is 0 Å². The van der Waals surface area contributed by atoms with E-state index in [4.69, 9.17) is 4.74 Å². The maximum absolute atomic E-state index is 11.6. The Morgan fingerprint density at radius 1 is 1.47 bits per heavy atom. The number of likely N-dealkylation sites (N-methyl/N-ethyl adjacent to an activating group) is 1. The largest absolute Gasteiger partial charge is 0.482 e. The molecule has 1 amide bonds. The quantitative estimate of drug-likeness (QED) is 0.878. The number of fused-ring (bicyclic) bond motifs is 1. The minimum atomic E-state index is 0.0176. The third-order valence-electron chi connectivity index (χ3n) is 4.03. The standard InChI is InChI=1S/C15H20N2O2/c1-17-13-8-11(7-12-3-2-6-16-9-12)4-5-14(13)19-10-15(17)18/h4-5,8,12,16H,2-3,6-7,9-10H2,1H3. The van der Waals surface area contributed by atoms with Crippen molar-refractivity contribution in [2.75, 3.05) is 31.6 Å². The molecule has 1 aromatic rings. The van der Waals surface area contributed by atoms with Crippen LogP contribution in [-0.2, 0) is 11.2 Å². The van der Waals surface area contributed by atoms with Crippen LogP contribution in [0.25, 0.3) is 0 Å². The molecule has 1 unspecified atom stereocenters. The Kier molecular flexibility index (Phi) is 3.42. The predicted molar refractivity (Wildman–Crippen MR) is 74.6 cm³/mol. The Morgan fingerprint density at radius 3 is 3.16 bits per heavy atom. The molecular formula is C15H20N2O2. The van der Waals surface area contributed by atoms with Gasteiger partial charge in [-0.2, -0.15) is 0 Å². The van der Waals surface area contributed by atoms with E-state index >= 15 is 0 Å². The summed E-state index contributed by atoms with van der Waals surface area (Å²) < 4.78 is 5.45. The van der Waals surface area contributed by atoms with Crippen molar-refractivity contribution < 1.29 is 9.53 Å². The van der Waals surface area contributed by atoms with Crippen molar-refractivity contribution in [1.29, 1.82) is 0 Å². The van der Waals surface area contributed by atoms with E-state index in [1.807, 2.05) is 13.1 Å². The molecule has 1 saturated heterocycles. The molecule has 0 aliphatic carbocycles. The zero-order chi connectivity index (χ0) is 13.2. The van der Waals surface area contributed by atoms with Gasteiger partial charge in [0.2, 0.25) is 0 Å². The number of piperidine rings is 1. The average molecular weight is 260 g/mol. The van der Waals surface area contributed by atoms with Gasteiger partial charge in [0.25, 0.3) is 5.91 Å². The van der Waals surface area contributed by atoms with Crippen LogP contribution >= 0.6 is 0 Å². The summed E-state index contributed by atoms with van der Waals surface area (Å²) >= 11 is 0. The lowest BCUT2D eigenvalue weighted by atomic mass is 9.92. The van der Waals surface area contributed by atoms with Crippen molar-refractivity contribution in [2.24, 2.45) is 5.92 Å². The summed E-state index contributed by atoms with van der Waals surface area (Å²) in [6, 6.07) is 6.21. The molecule has 2 aliphatic heterocycles. The number of carbonyl (C=O) groups is 1. The SMILES string of the molecule is CN1C(=O)COc2ccc(CC3CCCNC3)cc21. The molecule has 0 spiro atoms. The van der Waals surface area contributed by atoms with E-state index in [1.54, 1.807) is 4.90 Å². The monoisotopic (exact) mass is 260 g/mol. The van der Waals surface area contributed by atoms with Crippen LogP contribution in [-0.4, -0.2) is 32.7 Å². The normalized spacial score (nSPS) is 22.9. The van der Waals surface area contributed by atoms with Gasteiger partial charge in [-0.25, -0.2) is 0 Å². The fraction of sp³-hybridized carbons (Fsp3) is 0.533. The first-order chi connectivity index (χ1) is 9.24. The highest BCUT2D eigenvalue weighted by Gasteiger charge is 2.23. The van der Waals surface area contributed by atoms with Crippen molar-refractivity contribution >= 4 is 11.6 Å². The number of anilines is 1. The van der Waals surface area contributed by atoms with Gasteiger partial charge in [0.15, 0.2) is 6.61 Å². The minimum absolute atomic E-state index is 0.0176. The van der Waals surface area contributed by atoms with E-state index < -0.39 is 0 Å². The molecule has 102 valence electrons. The predicted octanol–water partition coefficient (Wildman–Crippen LogP) is 1.58. The van der Waals surface area contributed by atoms with Crippen molar-refractivity contribution in [1.82, 2.24) is 5.32 Å². The molecule has 2 heterocycles. The third kappa shape index (κ3) is 2.59. The molecule has 19 heavy (non-hydrogen) atoms. The first-order valence-corrected chi connectivity index (χ1v) is 6.97. The number of rotatable bonds is 2. The Morgan fingerprint density at radius 2 is 2.37 bits per heavy atom. The Labute approximate surface area is 113 Å². The van der Waals surface area contributed by atoms with Crippen LogP contribution in [0, 0.1) is 5.92 Å². The van der Waals surface area contributed by atoms with E-state index in [9.17, 15) is 4.79 Å². The molecule has 0 bridgehead atoms. The molecule has 1 N–H and O–H groups in total. The number of nitrogens with zero attached hydrogens (tertiary/aromatic N) is 1. The zero-order valence-corrected chi connectivity index (χ0v) is 11.3. The molecule has 3 rings (SSSR count). The fourth-order valence-corrected chi connectivity index (χ4v) is 2.88. The second-order valence-electron chi connectivity index (χ2n) is 5.46. The highest BCUT2D eigenvalue weighted by Crippen LogP contribution is 2.32. The molecular weight excluding hydrogens is 240 g/mol. The highest BCUT2D eigenvalue weighted by molar-refractivity contribution is 5.97. The molecule has 2 aliphatic rings. The van der Waals surface area contributed by atoms with Crippen LogP contribution in [0.4, 0.5) is 5.69 Å². The fourth-order valence-electron chi connectivity index (χ4n) is 2.88. The number of ether oxygens (including phenoxy) is 1. The number of nitrogens with one attached hydrogen (secondary N) is 1. The molecule has 1 fully saturated rings. The summed E-state index contributed by atoms with van der Waals surface area (Å²) in [7, 11) is 1.82. The summed E-state index contributed by atoms with van der Waals surface area (Å²) in [5.74, 6) is 1.54. The van der Waals surface area contributed by atoms with Gasteiger partial charge in [-0.05, 0) is 56.0 Å². The number of hydrogen-bond acceptors (Lipinski definition) is 3. The molecule has 0 radical (unpaired) electrons. The lowest BCUT2D eigenvalue weighted by Gasteiger charge is -2.27. The lowest BCUT2D eigenvalue weighted by molar-refractivity contribution is -0.120. The van der Waals surface area contributed by atoms with Crippen LogP contribution in [0.5, 0.6) is 5.75 Å². The van der Waals surface area contributed by atoms with E-state index in [2.05, 4.69) is 17.4 Å². The van der Waals surface area contributed by atoms with Crippen LogP contribution in [0.1, 0.15) is 18.4 Å². The van der Waals surface area contributed by atoms with Crippen LogP contribution in [0.2, 0.25) is 0 Å². The van der Waals surface area contributed by atoms with Gasteiger partial charge in [0.05, 0.1) is 5.69 Å². The van der Waals surface area contributed by atoms with Crippen LogP contribution in [0.15, 0.2) is 18.2 Å². The van der Waals surface area contributed by atoms with Gasteiger partial charge in [-0.1, -0.05) is 6.07 Å². The number of hydrogen-bond donors (Lipinski definition) is 1. The van der Waals surface area contributed by atoms with E-state index in [0.717, 1.165) is 30.9 Å². The molecule has 0 saturated carbocycles. The second kappa shape index (κ2) is 5.21. The molecule has 1 atom stereocenters. The Bertz CT molecular complexity index is 481. The van der Waals surface area contributed by atoms with Gasteiger partial charge in [0.1, 0.15) is 5.75 Å². The third-order valence-corrected chi connectivity index (χ3v) is 4.03. The summed E-state index contributed by atoms with van der Waals surface area (Å²) in [6.45, 7) is 2.39. The number of benzene rings is 1. The first-order valence-electron chi connectivity index (χ1n) is 6.97. The maximum Gasteiger partial charge on any atom is 0.264 e. The smallest absolute Gasteiger partial charge is 0.264 e. The summed E-state index contributed by atoms with van der Waals surface area (Å²) in [5.41, 5.74) is 2.19. The van der Waals surface area contributed by atoms with E-state index in [-0.39, 0.29) is 12.5 Å². The second-order valence-corrected chi connectivity index (χ2v) is 5.46.